The summed E-state index contributed by atoms with van der Waals surface area (Å²) in [6, 6.07) is 25.6. The van der Waals surface area contributed by atoms with Crippen LogP contribution in [0.15, 0.2) is 111 Å². The Balaban J connectivity index is 0.000000274. The number of thioether (sulfide) groups is 2. The Hall–Kier alpha value is -2.98. The number of likely N-dealkylation sites (N-methyl/N-ethyl adjacent to an activating group) is 1. The van der Waals surface area contributed by atoms with Crippen molar-refractivity contribution in [3.63, 3.8) is 0 Å². The molecule has 49 heavy (non-hydrogen) atoms. The molecule has 1 N–H and O–H groups in total. The molecular weight excluding hydrogens is 732 g/mol. The first-order valence-electron chi connectivity index (χ1n) is 14.6. The van der Waals surface area contributed by atoms with Crippen LogP contribution in [-0.2, 0) is 35.0 Å². The van der Waals surface area contributed by atoms with Crippen LogP contribution in [0.5, 0.6) is 0 Å². The summed E-state index contributed by atoms with van der Waals surface area (Å²) in [6.07, 6.45) is 2.43. The summed E-state index contributed by atoms with van der Waals surface area (Å²) >= 11 is 9.01. The molecule has 0 heterocycles. The molecule has 0 spiro atoms. The van der Waals surface area contributed by atoms with Gasteiger partial charge in [-0.05, 0) is 93.3 Å². The van der Waals surface area contributed by atoms with E-state index in [0.29, 0.717) is 17.3 Å². The number of benzene rings is 4. The second-order valence-corrected chi connectivity index (χ2v) is 15.6. The Morgan fingerprint density at radius 3 is 1.86 bits per heavy atom. The average molecular weight is 771 g/mol. The molecule has 0 aliphatic heterocycles. The molecule has 0 aliphatic carbocycles. The van der Waals surface area contributed by atoms with Crippen molar-refractivity contribution in [2.45, 2.75) is 46.8 Å². The van der Waals surface area contributed by atoms with Crippen molar-refractivity contribution in [3.8, 4) is 0 Å². The summed E-state index contributed by atoms with van der Waals surface area (Å²) in [5.41, 5.74) is 3.75. The molecule has 266 valence electrons. The molecule has 0 atom stereocenters. The lowest BCUT2D eigenvalue weighted by Gasteiger charge is -2.21. The zero-order valence-corrected chi connectivity index (χ0v) is 31.7. The van der Waals surface area contributed by atoms with Gasteiger partial charge in [-0.15, -0.1) is 11.8 Å². The number of aryl methyl sites for hydroxylation is 2. The van der Waals surface area contributed by atoms with Crippen LogP contribution < -0.4 is 4.90 Å². The van der Waals surface area contributed by atoms with E-state index in [-0.39, 0.29) is 16.4 Å². The molecule has 4 rings (SSSR count). The van der Waals surface area contributed by atoms with E-state index >= 15 is 0 Å². The largest absolute Gasteiger partial charge is 0.333 e. The molecule has 15 heteroatoms. The van der Waals surface area contributed by atoms with Crippen LogP contribution in [0.25, 0.3) is 0 Å². The highest BCUT2D eigenvalue weighted by Gasteiger charge is 2.15. The second-order valence-electron chi connectivity index (χ2n) is 10.1. The number of hydrogen-bond donors (Lipinski definition) is 1. The van der Waals surface area contributed by atoms with Crippen LogP contribution >= 0.6 is 35.1 Å². The summed E-state index contributed by atoms with van der Waals surface area (Å²) in [4.78, 5) is 3.99. The normalized spacial score (nSPS) is 11.1. The number of alkyl halides is 2. The average Bonchev–Trinajstić information content (AvgIpc) is 3.07. The van der Waals surface area contributed by atoms with Gasteiger partial charge in [0.05, 0.1) is 16.4 Å². The van der Waals surface area contributed by atoms with Crippen LogP contribution in [0, 0.1) is 19.3 Å². The smallest absolute Gasteiger partial charge is 0.299 e. The minimum Gasteiger partial charge on any atom is -0.333 e. The van der Waals surface area contributed by atoms with E-state index in [2.05, 4.69) is 14.4 Å². The maximum Gasteiger partial charge on any atom is 0.299 e. The third kappa shape index (κ3) is 14.0. The van der Waals surface area contributed by atoms with Crippen molar-refractivity contribution >= 4 is 66.9 Å². The van der Waals surface area contributed by atoms with Gasteiger partial charge in [-0.25, -0.2) is 13.0 Å². The number of hydrogen-bond acceptors (Lipinski definition) is 9. The fraction of sp³-hybridized carbons (Fsp3) is 0.265. The molecule has 0 saturated heterocycles. The number of nitrogens with zero attached hydrogens (tertiary/aromatic N) is 1. The fourth-order valence-electron chi connectivity index (χ4n) is 3.87. The Labute approximate surface area is 301 Å². The number of nitrogens with one attached hydrogen (secondary N) is 1. The van der Waals surface area contributed by atoms with Gasteiger partial charge in [0, 0.05) is 34.0 Å². The van der Waals surface area contributed by atoms with Crippen LogP contribution in [-0.4, -0.2) is 55.4 Å². The van der Waals surface area contributed by atoms with Gasteiger partial charge in [0.2, 0.25) is 6.86 Å². The lowest BCUT2D eigenvalue weighted by molar-refractivity contribution is 0.198. The molecule has 4 aromatic rings. The van der Waals surface area contributed by atoms with Crippen molar-refractivity contribution in [2.75, 3.05) is 37.7 Å². The number of halogens is 3. The molecule has 0 bridgehead atoms. The lowest BCUT2D eigenvalue weighted by Crippen LogP contribution is -2.27. The highest BCUT2D eigenvalue weighted by atomic mass is 35.5. The number of amidine groups is 1. The Morgan fingerprint density at radius 1 is 0.816 bits per heavy atom. The molecule has 0 amide bonds. The number of rotatable bonds is 12. The van der Waals surface area contributed by atoms with Gasteiger partial charge in [-0.3, -0.25) is 9.59 Å². The maximum atomic E-state index is 12.5. The van der Waals surface area contributed by atoms with E-state index in [0.717, 1.165) is 43.9 Å². The first-order valence-corrected chi connectivity index (χ1v) is 20.0. The molecule has 0 aliphatic rings. The Bertz CT molecular complexity index is 1790. The van der Waals surface area contributed by atoms with E-state index in [1.54, 1.807) is 67.2 Å². The van der Waals surface area contributed by atoms with E-state index in [1.807, 2.05) is 56.3 Å². The third-order valence-corrected chi connectivity index (χ3v) is 11.0. The minimum absolute atomic E-state index is 0.0317. The third-order valence-electron chi connectivity index (χ3n) is 6.53. The van der Waals surface area contributed by atoms with Crippen molar-refractivity contribution in [2.24, 2.45) is 0 Å². The van der Waals surface area contributed by atoms with Crippen LogP contribution in [0.2, 0.25) is 5.02 Å². The summed E-state index contributed by atoms with van der Waals surface area (Å²) in [6.45, 7) is 4.20. The zero-order valence-electron chi connectivity index (χ0n) is 27.7. The van der Waals surface area contributed by atoms with Gasteiger partial charge in [0.1, 0.15) is 11.8 Å². The Morgan fingerprint density at radius 2 is 1.37 bits per heavy atom. The van der Waals surface area contributed by atoms with Crippen LogP contribution in [0.4, 0.5) is 14.5 Å². The van der Waals surface area contributed by atoms with Crippen molar-refractivity contribution in [3.05, 3.63) is 113 Å². The summed E-state index contributed by atoms with van der Waals surface area (Å²) in [7, 11) is -5.56. The first kappa shape index (κ1) is 42.2. The molecule has 4 aromatic carbocycles. The lowest BCUT2D eigenvalue weighted by atomic mass is 10.1. The molecule has 0 saturated carbocycles. The van der Waals surface area contributed by atoms with E-state index in [1.165, 1.54) is 12.1 Å². The Kier molecular flexibility index (Phi) is 17.8. The summed E-state index contributed by atoms with van der Waals surface area (Å²) in [5.74, 6) is 0.438. The van der Waals surface area contributed by atoms with Gasteiger partial charge >= 0.3 is 0 Å². The summed E-state index contributed by atoms with van der Waals surface area (Å²) < 4.78 is 77.5. The molecular formula is C34H39ClF2N2O6S4. The van der Waals surface area contributed by atoms with E-state index in [4.69, 9.17) is 17.0 Å². The van der Waals surface area contributed by atoms with Crippen molar-refractivity contribution in [1.82, 2.24) is 0 Å². The van der Waals surface area contributed by atoms with Crippen LogP contribution in [0.3, 0.4) is 0 Å². The van der Waals surface area contributed by atoms with Gasteiger partial charge in [0.25, 0.3) is 20.2 Å². The van der Waals surface area contributed by atoms with E-state index < -0.39 is 33.1 Å². The van der Waals surface area contributed by atoms with Gasteiger partial charge < -0.3 is 4.90 Å². The highest BCUT2D eigenvalue weighted by molar-refractivity contribution is 7.99. The monoisotopic (exact) mass is 770 g/mol. The second kappa shape index (κ2) is 20.6. The zero-order chi connectivity index (χ0) is 36.6. The predicted molar refractivity (Wildman–Crippen MR) is 197 cm³/mol. The molecule has 8 nitrogen and oxygen atoms in total. The van der Waals surface area contributed by atoms with Crippen molar-refractivity contribution < 1.29 is 34.0 Å². The topological polar surface area (TPSA) is 114 Å². The SMILES string of the molecule is CCOS(=O)(=O)c1ccc(C)cc1.CSc1cccc(N(C)C(=N)Cc2cc(SC[18F])ccc2Cl)c1.Cc1ccc(S(=O)(=O)OC[18F])cc1. The maximum absolute atomic E-state index is 12.5. The first-order chi connectivity index (χ1) is 23.2. The van der Waals surface area contributed by atoms with Gasteiger partial charge in [0.15, 0.2) is 0 Å². The van der Waals surface area contributed by atoms with Crippen molar-refractivity contribution in [1.29, 1.82) is 5.41 Å². The number of anilines is 1. The van der Waals surface area contributed by atoms with E-state index in [9.17, 15) is 25.6 Å². The minimum atomic E-state index is -3.90. The quantitative estimate of drug-likeness (QED) is 0.0652. The fourth-order valence-corrected chi connectivity index (χ4v) is 6.67. The summed E-state index contributed by atoms with van der Waals surface area (Å²) in [5, 5.41) is 8.95. The predicted octanol–water partition coefficient (Wildman–Crippen LogP) is 9.08. The van der Waals surface area contributed by atoms with Gasteiger partial charge in [-0.1, -0.05) is 64.8 Å². The molecule has 0 radical (unpaired) electrons. The molecule has 0 fully saturated rings. The highest BCUT2D eigenvalue weighted by Crippen LogP contribution is 2.27. The van der Waals surface area contributed by atoms with Crippen LogP contribution in [0.1, 0.15) is 23.6 Å². The molecule has 0 aromatic heterocycles. The van der Waals surface area contributed by atoms with Gasteiger partial charge in [-0.2, -0.15) is 16.8 Å². The standard InChI is InChI=1S/C17H18ClFN2S2.C9H12O3S.C8H9FO3S/c1-21(13-4-3-5-14(10-13)22-2)17(20)9-12-8-15(23-11-19)6-7-16(12)18;1-3-12-13(10,11)9-6-4-8(2)5-7-9;1-7-2-4-8(5-3-7)13(10,11)12-6-9/h3-8,10,20H,9,11H2,1-2H3;4-7H,3H2,1-2H3;2-5H,6H2,1H3/i19-1;;9-1. The molecule has 0 unspecified atom stereocenters.